The molecule has 18 heavy (non-hydrogen) atoms. The predicted molar refractivity (Wildman–Crippen MR) is 72.2 cm³/mol. The predicted octanol–water partition coefficient (Wildman–Crippen LogP) is 1.47. The Labute approximate surface area is 109 Å². The summed E-state index contributed by atoms with van der Waals surface area (Å²) in [4.78, 5) is 15.7. The molecular weight excluding hydrogens is 228 g/mol. The minimum Gasteiger partial charge on any atom is -0.350 e. The van der Waals surface area contributed by atoms with Gasteiger partial charge in [0.15, 0.2) is 0 Å². The molecule has 0 saturated heterocycles. The molecule has 1 aromatic heterocycles. The average Bonchev–Trinajstić information content (AvgIpc) is 2.62. The van der Waals surface area contributed by atoms with Crippen molar-refractivity contribution in [1.29, 1.82) is 0 Å². The van der Waals surface area contributed by atoms with Crippen LogP contribution < -0.4 is 10.6 Å². The maximum Gasteiger partial charge on any atom is 0.234 e. The second kappa shape index (κ2) is 6.00. The second-order valence-corrected chi connectivity index (χ2v) is 5.79. The fourth-order valence-electron chi connectivity index (χ4n) is 1.70. The van der Waals surface area contributed by atoms with E-state index in [0.717, 1.165) is 5.69 Å². The van der Waals surface area contributed by atoms with Gasteiger partial charge in [-0.05, 0) is 34.6 Å². The van der Waals surface area contributed by atoms with Crippen LogP contribution in [0.2, 0.25) is 0 Å². The molecule has 0 aromatic carbocycles. The highest BCUT2D eigenvalue weighted by Gasteiger charge is 2.13. The molecule has 2 N–H and O–H groups in total. The summed E-state index contributed by atoms with van der Waals surface area (Å²) in [5.74, 6) is 0.0121. The van der Waals surface area contributed by atoms with Crippen LogP contribution in [-0.4, -0.2) is 27.5 Å². The van der Waals surface area contributed by atoms with Gasteiger partial charge in [-0.2, -0.15) is 0 Å². The molecule has 102 valence electrons. The quantitative estimate of drug-likeness (QED) is 0.834. The highest BCUT2D eigenvalue weighted by atomic mass is 16.2. The molecule has 1 amide bonds. The monoisotopic (exact) mass is 252 g/mol. The number of hydrogen-bond acceptors (Lipinski definition) is 3. The summed E-state index contributed by atoms with van der Waals surface area (Å²) in [7, 11) is 0. The average molecular weight is 252 g/mol. The Balaban J connectivity index is 2.38. The molecule has 0 fully saturated rings. The van der Waals surface area contributed by atoms with E-state index in [4.69, 9.17) is 0 Å². The summed E-state index contributed by atoms with van der Waals surface area (Å²) in [5, 5.41) is 6.05. The molecule has 5 heteroatoms. The van der Waals surface area contributed by atoms with E-state index in [1.165, 1.54) is 0 Å². The van der Waals surface area contributed by atoms with E-state index in [1.54, 1.807) is 0 Å². The van der Waals surface area contributed by atoms with Crippen LogP contribution in [-0.2, 0) is 11.3 Å². The van der Waals surface area contributed by atoms with Crippen LogP contribution in [0.15, 0.2) is 12.5 Å². The Morgan fingerprint density at radius 3 is 2.67 bits per heavy atom. The van der Waals surface area contributed by atoms with Gasteiger partial charge in [0.2, 0.25) is 5.91 Å². The van der Waals surface area contributed by atoms with Crippen LogP contribution >= 0.6 is 0 Å². The smallest absolute Gasteiger partial charge is 0.234 e. The molecule has 0 atom stereocenters. The Hall–Kier alpha value is -1.36. The van der Waals surface area contributed by atoms with Gasteiger partial charge in [0, 0.05) is 24.3 Å². The summed E-state index contributed by atoms with van der Waals surface area (Å²) in [6.07, 6.45) is 3.64. The third-order valence-corrected chi connectivity index (χ3v) is 2.41. The number of rotatable bonds is 5. The van der Waals surface area contributed by atoms with Gasteiger partial charge in [-0.15, -0.1) is 0 Å². The van der Waals surface area contributed by atoms with E-state index in [2.05, 4.69) is 34.0 Å². The molecule has 0 aliphatic heterocycles. The zero-order valence-corrected chi connectivity index (χ0v) is 11.9. The number of nitrogens with zero attached hydrogens (tertiary/aromatic N) is 2. The third-order valence-electron chi connectivity index (χ3n) is 2.41. The Morgan fingerprint density at radius 2 is 2.11 bits per heavy atom. The summed E-state index contributed by atoms with van der Waals surface area (Å²) in [6, 6.07) is 0.382. The second-order valence-electron chi connectivity index (χ2n) is 5.79. The number of imidazole rings is 1. The molecule has 0 bridgehead atoms. The van der Waals surface area contributed by atoms with Crippen LogP contribution in [0, 0.1) is 0 Å². The van der Waals surface area contributed by atoms with Crippen molar-refractivity contribution in [1.82, 2.24) is 20.2 Å². The number of hydrogen-bond donors (Lipinski definition) is 2. The normalized spacial score (nSPS) is 11.9. The summed E-state index contributed by atoms with van der Waals surface area (Å²) >= 11 is 0. The van der Waals surface area contributed by atoms with Crippen molar-refractivity contribution in [3.05, 3.63) is 18.2 Å². The van der Waals surface area contributed by atoms with Gasteiger partial charge in [-0.1, -0.05) is 0 Å². The fourth-order valence-corrected chi connectivity index (χ4v) is 1.70. The van der Waals surface area contributed by atoms with Crippen molar-refractivity contribution in [2.24, 2.45) is 0 Å². The van der Waals surface area contributed by atoms with E-state index >= 15 is 0 Å². The van der Waals surface area contributed by atoms with Crippen molar-refractivity contribution in [2.75, 3.05) is 6.54 Å². The zero-order chi connectivity index (χ0) is 13.8. The number of carbonyl (C=O) groups excluding carboxylic acids is 1. The molecule has 1 heterocycles. The first-order chi connectivity index (χ1) is 8.29. The van der Waals surface area contributed by atoms with Crippen molar-refractivity contribution in [2.45, 2.75) is 52.7 Å². The van der Waals surface area contributed by atoms with Crippen LogP contribution in [0.5, 0.6) is 0 Å². The lowest BCUT2D eigenvalue weighted by molar-refractivity contribution is -0.121. The van der Waals surface area contributed by atoms with Gasteiger partial charge < -0.3 is 15.2 Å². The van der Waals surface area contributed by atoms with Crippen LogP contribution in [0.1, 0.15) is 46.4 Å². The lowest BCUT2D eigenvalue weighted by Crippen LogP contribution is -2.44. The summed E-state index contributed by atoms with van der Waals surface area (Å²) < 4.78 is 2.09. The molecule has 1 aromatic rings. The van der Waals surface area contributed by atoms with E-state index in [0.29, 0.717) is 19.1 Å². The standard InChI is InChI=1S/C13H24N4O/c1-10(2)17-9-15-7-11(17)6-14-8-12(18)16-13(3,4)5/h7,9-10,14H,6,8H2,1-5H3,(H,16,18). The van der Waals surface area contributed by atoms with E-state index in [9.17, 15) is 4.79 Å². The van der Waals surface area contributed by atoms with E-state index in [1.807, 2.05) is 33.3 Å². The van der Waals surface area contributed by atoms with Gasteiger partial charge in [-0.25, -0.2) is 4.98 Å². The van der Waals surface area contributed by atoms with Crippen LogP contribution in [0.25, 0.3) is 0 Å². The van der Waals surface area contributed by atoms with Crippen molar-refractivity contribution in [3.8, 4) is 0 Å². The van der Waals surface area contributed by atoms with Crippen molar-refractivity contribution in [3.63, 3.8) is 0 Å². The number of nitrogens with one attached hydrogen (secondary N) is 2. The largest absolute Gasteiger partial charge is 0.350 e. The Bertz CT molecular complexity index is 390. The van der Waals surface area contributed by atoms with Gasteiger partial charge >= 0.3 is 0 Å². The SMILES string of the molecule is CC(C)n1cncc1CNCC(=O)NC(C)(C)C. The first-order valence-electron chi connectivity index (χ1n) is 6.32. The molecule has 5 nitrogen and oxygen atoms in total. The van der Waals surface area contributed by atoms with Gasteiger partial charge in [0.25, 0.3) is 0 Å². The fraction of sp³-hybridized carbons (Fsp3) is 0.692. The molecule has 0 aliphatic rings. The lowest BCUT2D eigenvalue weighted by atomic mass is 10.1. The molecule has 0 saturated carbocycles. The number of aromatic nitrogens is 2. The summed E-state index contributed by atoms with van der Waals surface area (Å²) in [6.45, 7) is 11.1. The van der Waals surface area contributed by atoms with E-state index in [-0.39, 0.29) is 11.4 Å². The topological polar surface area (TPSA) is 59.0 Å². The number of amides is 1. The summed E-state index contributed by atoms with van der Waals surface area (Å²) in [5.41, 5.74) is 0.909. The Morgan fingerprint density at radius 1 is 1.44 bits per heavy atom. The molecule has 0 unspecified atom stereocenters. The minimum atomic E-state index is -0.182. The highest BCUT2D eigenvalue weighted by Crippen LogP contribution is 2.08. The first kappa shape index (κ1) is 14.7. The molecule has 0 aliphatic carbocycles. The van der Waals surface area contributed by atoms with Gasteiger partial charge in [0.05, 0.1) is 18.6 Å². The Kier molecular flexibility index (Phi) is 4.90. The zero-order valence-electron chi connectivity index (χ0n) is 11.9. The van der Waals surface area contributed by atoms with Crippen molar-refractivity contribution < 1.29 is 4.79 Å². The van der Waals surface area contributed by atoms with Gasteiger partial charge in [0.1, 0.15) is 0 Å². The van der Waals surface area contributed by atoms with E-state index < -0.39 is 0 Å². The molecule has 1 rings (SSSR count). The lowest BCUT2D eigenvalue weighted by Gasteiger charge is -2.20. The first-order valence-corrected chi connectivity index (χ1v) is 6.32. The highest BCUT2D eigenvalue weighted by molar-refractivity contribution is 5.78. The minimum absolute atomic E-state index is 0.0121. The van der Waals surface area contributed by atoms with Gasteiger partial charge in [-0.3, -0.25) is 4.79 Å². The molecular formula is C13H24N4O. The van der Waals surface area contributed by atoms with Crippen molar-refractivity contribution >= 4 is 5.91 Å². The van der Waals surface area contributed by atoms with Crippen LogP contribution in [0.4, 0.5) is 0 Å². The number of carbonyl (C=O) groups is 1. The van der Waals surface area contributed by atoms with Crippen LogP contribution in [0.3, 0.4) is 0 Å². The maximum absolute atomic E-state index is 11.6. The molecule has 0 spiro atoms. The maximum atomic E-state index is 11.6. The third kappa shape index (κ3) is 4.87. The molecule has 0 radical (unpaired) electrons.